The van der Waals surface area contributed by atoms with Crippen molar-refractivity contribution >= 4 is 29.3 Å². The Bertz CT molecular complexity index is 869. The molecule has 0 fully saturated rings. The van der Waals surface area contributed by atoms with Gasteiger partial charge in [-0.1, -0.05) is 51.1 Å². The predicted molar refractivity (Wildman–Crippen MR) is 129 cm³/mol. The Balaban J connectivity index is 2.15. The molecule has 0 saturated carbocycles. The second-order valence-corrected chi connectivity index (χ2v) is 9.99. The summed E-state index contributed by atoms with van der Waals surface area (Å²) in [4.78, 5) is 28.5. The zero-order valence-corrected chi connectivity index (χ0v) is 20.3. The number of methoxy groups -OCH3 is 1. The number of para-hydroxylation sites is 1. The highest BCUT2D eigenvalue weighted by molar-refractivity contribution is 7.99. The number of aliphatic hydroxyl groups is 3. The van der Waals surface area contributed by atoms with Crippen LogP contribution in [-0.4, -0.2) is 77.0 Å². The van der Waals surface area contributed by atoms with E-state index < -0.39 is 36.4 Å². The lowest BCUT2D eigenvalue weighted by Gasteiger charge is -2.29. The number of carbonyl (C=O) groups is 2. The first kappa shape index (κ1) is 27.1. The number of allylic oxidation sites excluding steroid dienone is 1. The molecule has 182 valence electrons. The van der Waals surface area contributed by atoms with Gasteiger partial charge in [0.1, 0.15) is 24.4 Å². The molecule has 0 aliphatic carbocycles. The van der Waals surface area contributed by atoms with Crippen LogP contribution in [0.3, 0.4) is 0 Å². The highest BCUT2D eigenvalue weighted by atomic mass is 32.2. The number of ether oxygens (including phenoxy) is 1. The maximum Gasteiger partial charge on any atom is 0.252 e. The molecule has 0 saturated heterocycles. The van der Waals surface area contributed by atoms with Crippen LogP contribution in [0.4, 0.5) is 5.69 Å². The van der Waals surface area contributed by atoms with E-state index in [9.17, 15) is 24.9 Å². The van der Waals surface area contributed by atoms with Gasteiger partial charge in [0.05, 0.1) is 5.69 Å². The van der Waals surface area contributed by atoms with Gasteiger partial charge in [0.2, 0.25) is 0 Å². The van der Waals surface area contributed by atoms with Crippen LogP contribution in [-0.2, 0) is 14.3 Å². The number of hydrogen-bond donors (Lipinski definition) is 4. The first-order valence-corrected chi connectivity index (χ1v) is 11.7. The summed E-state index contributed by atoms with van der Waals surface area (Å²) in [6.45, 7) is 9.73. The first-order valence-electron chi connectivity index (χ1n) is 10.7. The average molecular weight is 479 g/mol. The number of hydrogen-bond acceptors (Lipinski definition) is 7. The minimum absolute atomic E-state index is 0.240. The second-order valence-electron chi connectivity index (χ2n) is 8.93. The smallest absolute Gasteiger partial charge is 0.252 e. The number of rotatable bonds is 9. The lowest BCUT2D eigenvalue weighted by Crippen LogP contribution is -2.56. The Hall–Kier alpha value is -2.17. The molecule has 0 spiro atoms. The molecule has 1 aliphatic heterocycles. The summed E-state index contributed by atoms with van der Waals surface area (Å²) in [5, 5.41) is 33.7. The zero-order chi connectivity index (χ0) is 24.8. The molecule has 4 N–H and O–H groups in total. The number of aliphatic hydroxyl groups excluding tert-OH is 3. The molecule has 2 rings (SSSR count). The molecule has 1 unspecified atom stereocenters. The number of benzene rings is 1. The van der Waals surface area contributed by atoms with Crippen molar-refractivity contribution in [3.8, 4) is 0 Å². The number of amides is 2. The summed E-state index contributed by atoms with van der Waals surface area (Å²) in [6.07, 6.45) is -1.61. The molecule has 1 aliphatic rings. The SMILES string of the molecule is C=CCN1C(=O)C(NC(=O)[C@H](OC)[C@H](O)[C@@H](O)[C@H](O)C=CC(C)(C)C)CSc2ccccc21. The van der Waals surface area contributed by atoms with Crippen molar-refractivity contribution in [1.29, 1.82) is 0 Å². The number of fused-ring (bicyclic) bond motifs is 1. The van der Waals surface area contributed by atoms with E-state index in [1.54, 1.807) is 17.1 Å². The van der Waals surface area contributed by atoms with E-state index in [-0.39, 0.29) is 23.6 Å². The maximum atomic E-state index is 13.2. The molecule has 9 heteroatoms. The fraction of sp³-hybridized carbons (Fsp3) is 0.500. The topological polar surface area (TPSA) is 119 Å². The van der Waals surface area contributed by atoms with Crippen LogP contribution in [0.15, 0.2) is 54.0 Å². The molecule has 5 atom stereocenters. The van der Waals surface area contributed by atoms with Crippen molar-refractivity contribution < 1.29 is 29.6 Å². The Morgan fingerprint density at radius 1 is 1.30 bits per heavy atom. The Morgan fingerprint density at radius 3 is 2.58 bits per heavy atom. The third kappa shape index (κ3) is 7.15. The van der Waals surface area contributed by atoms with Crippen molar-refractivity contribution in [1.82, 2.24) is 5.32 Å². The lowest BCUT2D eigenvalue weighted by atomic mass is 9.94. The van der Waals surface area contributed by atoms with Gasteiger partial charge in [-0.3, -0.25) is 9.59 Å². The number of carbonyl (C=O) groups excluding carboxylic acids is 2. The average Bonchev–Trinajstić information content (AvgIpc) is 2.89. The normalized spacial score (nSPS) is 20.5. The molecule has 0 aromatic heterocycles. The fourth-order valence-electron chi connectivity index (χ4n) is 3.31. The minimum atomic E-state index is -1.72. The Kier molecular flexibility index (Phi) is 9.69. The molecule has 33 heavy (non-hydrogen) atoms. The molecule has 8 nitrogen and oxygen atoms in total. The van der Waals surface area contributed by atoms with Crippen LogP contribution in [0.5, 0.6) is 0 Å². The van der Waals surface area contributed by atoms with E-state index in [1.165, 1.54) is 24.9 Å². The highest BCUT2D eigenvalue weighted by Crippen LogP contribution is 2.34. The monoisotopic (exact) mass is 478 g/mol. The van der Waals surface area contributed by atoms with Crippen molar-refractivity contribution in [2.24, 2.45) is 5.41 Å². The predicted octanol–water partition coefficient (Wildman–Crippen LogP) is 1.50. The lowest BCUT2D eigenvalue weighted by molar-refractivity contribution is -0.150. The van der Waals surface area contributed by atoms with Crippen molar-refractivity contribution in [2.45, 2.75) is 56.1 Å². The second kappa shape index (κ2) is 11.8. The summed E-state index contributed by atoms with van der Waals surface area (Å²) >= 11 is 1.43. The quantitative estimate of drug-likeness (QED) is 0.397. The minimum Gasteiger partial charge on any atom is -0.387 e. The molecule has 0 radical (unpaired) electrons. The van der Waals surface area contributed by atoms with Crippen LogP contribution in [0.1, 0.15) is 20.8 Å². The van der Waals surface area contributed by atoms with Crippen LogP contribution >= 0.6 is 11.8 Å². The van der Waals surface area contributed by atoms with Crippen molar-refractivity contribution in [3.63, 3.8) is 0 Å². The van der Waals surface area contributed by atoms with Gasteiger partial charge in [-0.2, -0.15) is 0 Å². The molecule has 1 aromatic rings. The molecular weight excluding hydrogens is 444 g/mol. The van der Waals surface area contributed by atoms with Gasteiger partial charge in [0.15, 0.2) is 6.10 Å². The number of thioether (sulfide) groups is 1. The van der Waals surface area contributed by atoms with Crippen LogP contribution in [0, 0.1) is 5.41 Å². The highest BCUT2D eigenvalue weighted by Gasteiger charge is 2.38. The fourth-order valence-corrected chi connectivity index (χ4v) is 4.38. The van der Waals surface area contributed by atoms with Gasteiger partial charge in [-0.25, -0.2) is 0 Å². The van der Waals surface area contributed by atoms with Gasteiger partial charge >= 0.3 is 0 Å². The van der Waals surface area contributed by atoms with E-state index in [0.29, 0.717) is 0 Å². The summed E-state index contributed by atoms with van der Waals surface area (Å²) in [5.74, 6) is -0.806. The largest absolute Gasteiger partial charge is 0.387 e. The van der Waals surface area contributed by atoms with Gasteiger partial charge in [0.25, 0.3) is 11.8 Å². The summed E-state index contributed by atoms with van der Waals surface area (Å²) in [5.41, 5.74) is 0.493. The van der Waals surface area contributed by atoms with Crippen LogP contribution < -0.4 is 10.2 Å². The molecule has 1 aromatic carbocycles. The van der Waals surface area contributed by atoms with Crippen LogP contribution in [0.2, 0.25) is 0 Å². The number of nitrogens with zero attached hydrogens (tertiary/aromatic N) is 1. The maximum absolute atomic E-state index is 13.2. The van der Waals surface area contributed by atoms with Crippen LogP contribution in [0.25, 0.3) is 0 Å². The number of anilines is 1. The molecular formula is C24H34N2O6S. The third-order valence-electron chi connectivity index (χ3n) is 5.07. The van der Waals surface area contributed by atoms with Gasteiger partial charge in [0, 0.05) is 24.3 Å². The Morgan fingerprint density at radius 2 is 1.97 bits per heavy atom. The van der Waals surface area contributed by atoms with E-state index >= 15 is 0 Å². The van der Waals surface area contributed by atoms with E-state index in [4.69, 9.17) is 4.74 Å². The molecule has 1 heterocycles. The van der Waals surface area contributed by atoms with Gasteiger partial charge in [-0.05, 0) is 17.5 Å². The summed E-state index contributed by atoms with van der Waals surface area (Å²) < 4.78 is 5.13. The van der Waals surface area contributed by atoms with Crippen molar-refractivity contribution in [3.05, 3.63) is 49.1 Å². The van der Waals surface area contributed by atoms with E-state index in [2.05, 4.69) is 11.9 Å². The third-order valence-corrected chi connectivity index (χ3v) is 6.23. The van der Waals surface area contributed by atoms with E-state index in [1.807, 2.05) is 45.0 Å². The molecule has 2 amide bonds. The van der Waals surface area contributed by atoms with Gasteiger partial charge in [-0.15, -0.1) is 18.3 Å². The first-order chi connectivity index (χ1) is 15.5. The van der Waals surface area contributed by atoms with Crippen molar-refractivity contribution in [2.75, 3.05) is 24.3 Å². The van der Waals surface area contributed by atoms with E-state index in [0.717, 1.165) is 10.6 Å². The number of nitrogens with one attached hydrogen (secondary N) is 1. The standard InChI is InChI=1S/C24H34N2O6S/c1-6-13-26-16-9-7-8-10-18(16)33-14-15(23(26)31)25-22(30)21(32-5)20(29)19(28)17(27)11-12-24(2,3)4/h6-12,15,17,19-21,27-29H,1,13-14H2,2-5H3,(H,25,30)/t15?,17-,19+,20-,21-/m1/s1. The zero-order valence-electron chi connectivity index (χ0n) is 19.5. The molecule has 0 bridgehead atoms. The summed E-state index contributed by atoms with van der Waals surface area (Å²) in [6, 6.07) is 6.55. The Labute approximate surface area is 199 Å². The summed E-state index contributed by atoms with van der Waals surface area (Å²) in [7, 11) is 1.21. The van der Waals surface area contributed by atoms with Gasteiger partial charge < -0.3 is 30.3 Å².